The molecule has 0 unspecified atom stereocenters. The summed E-state index contributed by atoms with van der Waals surface area (Å²) in [7, 11) is 1.69. The molecule has 11 nitrogen and oxygen atoms in total. The molecule has 0 aromatic heterocycles. The number of Topliss-reactive ketones (excluding diaryl/α,β-unsaturated/α-hetero) is 1. The Balaban J connectivity index is 1.34. The predicted molar refractivity (Wildman–Crippen MR) is 142 cm³/mol. The van der Waals surface area contributed by atoms with Crippen molar-refractivity contribution in [1.82, 2.24) is 20.0 Å². The van der Waals surface area contributed by atoms with E-state index in [2.05, 4.69) is 5.32 Å². The van der Waals surface area contributed by atoms with Gasteiger partial charge in [-0.15, -0.1) is 11.8 Å². The fourth-order valence-electron chi connectivity index (χ4n) is 6.32. The highest BCUT2D eigenvalue weighted by atomic mass is 32.2. The predicted octanol–water partition coefficient (Wildman–Crippen LogP) is 0.246. The van der Waals surface area contributed by atoms with Crippen molar-refractivity contribution in [3.05, 3.63) is 10.6 Å². The molecule has 0 spiro atoms. The van der Waals surface area contributed by atoms with Gasteiger partial charge in [0.15, 0.2) is 0 Å². The van der Waals surface area contributed by atoms with Gasteiger partial charge < -0.3 is 35.7 Å². The van der Waals surface area contributed by atoms with E-state index in [1.165, 1.54) is 23.6 Å². The number of rotatable bonds is 10. The van der Waals surface area contributed by atoms with Gasteiger partial charge in [-0.2, -0.15) is 0 Å². The first-order chi connectivity index (χ1) is 17.9. The fraction of sp³-hybridized carbons (Fsp3) is 0.731. The van der Waals surface area contributed by atoms with E-state index in [-0.39, 0.29) is 70.7 Å². The largest absolute Gasteiger partial charge is 0.477 e. The molecule has 4 heterocycles. The van der Waals surface area contributed by atoms with Crippen LogP contribution in [0.3, 0.4) is 0 Å². The number of aliphatic carboxylic acids is 1. The standard InChI is InChI=1S/C26H39N5O6S/c1-13(9-14(2)32)20-21-15(3)23(22(26(36)37)31(21)25(20)35)38-17-10-18(28-11-17)24(34)29(4)7-6-19(33)30-8-5-16(27)12-30/h13,15-18,20-21,28H,5-12,27H2,1-4H3,(H,36,37)/t13-,15+,16-,17-,18-,20+,21+/m0/s1. The third kappa shape index (κ3) is 5.48. The molecule has 0 aliphatic carbocycles. The molecule has 0 saturated carbocycles. The summed E-state index contributed by atoms with van der Waals surface area (Å²) in [5, 5.41) is 13.2. The van der Waals surface area contributed by atoms with Gasteiger partial charge in [0.25, 0.3) is 0 Å². The highest BCUT2D eigenvalue weighted by Crippen LogP contribution is 2.53. The first kappa shape index (κ1) is 28.6. The third-order valence-electron chi connectivity index (χ3n) is 8.31. The number of β-lactam (4-membered cyclic amide) rings is 1. The number of amides is 3. The van der Waals surface area contributed by atoms with Crippen molar-refractivity contribution in [2.24, 2.45) is 23.5 Å². The molecule has 7 atom stereocenters. The van der Waals surface area contributed by atoms with Crippen molar-refractivity contribution < 1.29 is 29.1 Å². The van der Waals surface area contributed by atoms with Gasteiger partial charge in [0, 0.05) is 68.2 Å². The average Bonchev–Trinajstić information content (AvgIpc) is 3.54. The number of nitrogens with two attached hydrogens (primary N) is 1. The van der Waals surface area contributed by atoms with E-state index in [0.29, 0.717) is 43.9 Å². The van der Waals surface area contributed by atoms with Crippen LogP contribution in [0.25, 0.3) is 0 Å². The first-order valence-corrected chi connectivity index (χ1v) is 14.3. The summed E-state index contributed by atoms with van der Waals surface area (Å²) in [6, 6.07) is -0.652. The van der Waals surface area contributed by atoms with Crippen molar-refractivity contribution in [2.45, 2.75) is 69.8 Å². The number of fused-ring (bicyclic) bond motifs is 1. The Morgan fingerprint density at radius 2 is 2.00 bits per heavy atom. The van der Waals surface area contributed by atoms with Crippen LogP contribution in [-0.2, 0) is 24.0 Å². The lowest BCUT2D eigenvalue weighted by molar-refractivity contribution is -0.160. The van der Waals surface area contributed by atoms with E-state index in [1.807, 2.05) is 13.8 Å². The smallest absolute Gasteiger partial charge is 0.353 e. The molecule has 3 fully saturated rings. The van der Waals surface area contributed by atoms with Gasteiger partial charge in [0.05, 0.1) is 18.0 Å². The maximum absolute atomic E-state index is 13.0. The lowest BCUT2D eigenvalue weighted by Crippen LogP contribution is -2.62. The minimum atomic E-state index is -1.13. The van der Waals surface area contributed by atoms with Crippen LogP contribution in [0.4, 0.5) is 0 Å². The molecular formula is C26H39N5O6S. The van der Waals surface area contributed by atoms with Gasteiger partial charge in [0.2, 0.25) is 17.7 Å². The van der Waals surface area contributed by atoms with Crippen LogP contribution in [0.2, 0.25) is 0 Å². The molecule has 4 aliphatic rings. The van der Waals surface area contributed by atoms with Crippen LogP contribution in [0.5, 0.6) is 0 Å². The van der Waals surface area contributed by atoms with Crippen LogP contribution < -0.4 is 11.1 Å². The highest BCUT2D eigenvalue weighted by Gasteiger charge is 2.60. The number of hydrogen-bond acceptors (Lipinski definition) is 8. The summed E-state index contributed by atoms with van der Waals surface area (Å²) >= 11 is 1.44. The summed E-state index contributed by atoms with van der Waals surface area (Å²) in [5.41, 5.74) is 5.92. The second kappa shape index (κ2) is 11.4. The number of nitrogens with zero attached hydrogens (tertiary/aromatic N) is 3. The van der Waals surface area contributed by atoms with Crippen LogP contribution in [0.1, 0.15) is 46.5 Å². The van der Waals surface area contributed by atoms with E-state index in [1.54, 1.807) is 16.8 Å². The molecule has 3 saturated heterocycles. The Morgan fingerprint density at radius 1 is 1.29 bits per heavy atom. The zero-order chi connectivity index (χ0) is 27.9. The fourth-order valence-corrected chi connectivity index (χ4v) is 7.80. The zero-order valence-corrected chi connectivity index (χ0v) is 23.3. The molecule has 4 N–H and O–H groups in total. The average molecular weight is 550 g/mol. The van der Waals surface area contributed by atoms with E-state index in [9.17, 15) is 29.1 Å². The molecular weight excluding hydrogens is 510 g/mol. The monoisotopic (exact) mass is 549 g/mol. The maximum atomic E-state index is 13.0. The lowest BCUT2D eigenvalue weighted by Gasteiger charge is -2.47. The molecule has 0 radical (unpaired) electrons. The molecule has 4 rings (SSSR count). The van der Waals surface area contributed by atoms with Crippen molar-refractivity contribution in [3.8, 4) is 0 Å². The van der Waals surface area contributed by atoms with E-state index in [4.69, 9.17) is 5.73 Å². The van der Waals surface area contributed by atoms with Gasteiger partial charge in [-0.3, -0.25) is 14.4 Å². The van der Waals surface area contributed by atoms with Crippen molar-refractivity contribution in [3.63, 3.8) is 0 Å². The van der Waals surface area contributed by atoms with E-state index < -0.39 is 12.0 Å². The second-order valence-corrected chi connectivity index (χ2v) is 12.6. The van der Waals surface area contributed by atoms with Crippen LogP contribution in [-0.4, -0.2) is 106 Å². The quantitative estimate of drug-likeness (QED) is 0.325. The highest BCUT2D eigenvalue weighted by molar-refractivity contribution is 8.03. The second-order valence-electron chi connectivity index (χ2n) is 11.2. The number of nitrogens with one attached hydrogen (secondary N) is 1. The summed E-state index contributed by atoms with van der Waals surface area (Å²) in [5.74, 6) is -2.12. The molecule has 0 aromatic rings. The molecule has 12 heteroatoms. The number of likely N-dealkylation sites (N-methyl/N-ethyl adjacent to an activating group) is 1. The van der Waals surface area contributed by atoms with E-state index >= 15 is 0 Å². The number of carboxylic acid groups (broad SMARTS) is 1. The third-order valence-corrected chi connectivity index (χ3v) is 9.82. The topological polar surface area (TPSA) is 153 Å². The number of likely N-dealkylation sites (tertiary alicyclic amines) is 1. The van der Waals surface area contributed by atoms with Crippen molar-refractivity contribution >= 4 is 41.2 Å². The van der Waals surface area contributed by atoms with E-state index in [0.717, 1.165) is 6.42 Å². The van der Waals surface area contributed by atoms with Gasteiger partial charge in [-0.1, -0.05) is 13.8 Å². The molecule has 0 bridgehead atoms. The molecule has 38 heavy (non-hydrogen) atoms. The summed E-state index contributed by atoms with van der Waals surface area (Å²) in [4.78, 5) is 67.6. The lowest BCUT2D eigenvalue weighted by atomic mass is 9.73. The van der Waals surface area contributed by atoms with Crippen LogP contribution in [0, 0.1) is 17.8 Å². The van der Waals surface area contributed by atoms with Gasteiger partial charge in [0.1, 0.15) is 11.5 Å². The molecule has 3 amide bonds. The number of ketones is 1. The Bertz CT molecular complexity index is 1050. The number of carbonyl (C=O) groups is 5. The zero-order valence-electron chi connectivity index (χ0n) is 22.5. The number of carboxylic acids is 1. The minimum absolute atomic E-state index is 0.00359. The van der Waals surface area contributed by atoms with Crippen LogP contribution in [0.15, 0.2) is 10.6 Å². The van der Waals surface area contributed by atoms with Crippen molar-refractivity contribution in [1.29, 1.82) is 0 Å². The minimum Gasteiger partial charge on any atom is -0.477 e. The molecule has 0 aromatic carbocycles. The number of hydrogen-bond donors (Lipinski definition) is 3. The normalized spacial score (nSPS) is 31.3. The van der Waals surface area contributed by atoms with Crippen LogP contribution >= 0.6 is 11.8 Å². The molecule has 4 aliphatic heterocycles. The summed E-state index contributed by atoms with van der Waals surface area (Å²) < 4.78 is 0. The Kier molecular flexibility index (Phi) is 8.53. The Morgan fingerprint density at radius 3 is 2.61 bits per heavy atom. The SMILES string of the molecule is CC(=O)C[C@H](C)[C@H]1C(=O)N2C(C(=O)O)=C(S[C@@H]3CN[C@H](C(=O)N(C)CCC(=O)N4CC[C@H](N)C4)C3)[C@H](C)[C@H]12. The molecule has 210 valence electrons. The van der Waals surface area contributed by atoms with Gasteiger partial charge in [-0.25, -0.2) is 4.79 Å². The summed E-state index contributed by atoms with van der Waals surface area (Å²) in [6.07, 6.45) is 1.86. The van der Waals surface area contributed by atoms with Gasteiger partial charge >= 0.3 is 5.97 Å². The van der Waals surface area contributed by atoms with Crippen molar-refractivity contribution in [2.75, 3.05) is 33.2 Å². The summed E-state index contributed by atoms with van der Waals surface area (Å²) in [6.45, 7) is 7.40. The Labute approximate surface area is 227 Å². The first-order valence-electron chi connectivity index (χ1n) is 13.4. The Hall–Kier alpha value is -2.44. The number of thioether (sulfide) groups is 1. The maximum Gasteiger partial charge on any atom is 0.353 e. The van der Waals surface area contributed by atoms with Gasteiger partial charge in [-0.05, 0) is 25.7 Å². The number of carbonyl (C=O) groups excluding carboxylic acids is 4.